The number of thiophene rings is 1. The Bertz CT molecular complexity index is 1340. The molecule has 2 aromatic rings. The molecule has 10 nitrogen and oxygen atoms in total. The maximum atomic E-state index is 14.4. The van der Waals surface area contributed by atoms with Crippen LogP contribution in [0.4, 0.5) is 25.7 Å². The number of hydrogen-bond donors (Lipinski definition) is 2. The van der Waals surface area contributed by atoms with Gasteiger partial charge in [0.05, 0.1) is 21.3 Å². The van der Waals surface area contributed by atoms with Crippen molar-refractivity contribution < 1.29 is 18.6 Å². The first-order valence-corrected chi connectivity index (χ1v) is 14.8. The van der Waals surface area contributed by atoms with Crippen molar-refractivity contribution in [1.29, 1.82) is 5.26 Å². The van der Waals surface area contributed by atoms with E-state index in [2.05, 4.69) is 16.0 Å². The molecule has 0 bridgehead atoms. The third-order valence-corrected chi connectivity index (χ3v) is 10.7. The second-order valence-electron chi connectivity index (χ2n) is 11.8. The maximum absolute atomic E-state index is 14.4. The molecule has 210 valence electrons. The summed E-state index contributed by atoms with van der Waals surface area (Å²) >= 11 is 3.27. The Balaban J connectivity index is 1.27. The number of ether oxygens (including phenoxy) is 1. The summed E-state index contributed by atoms with van der Waals surface area (Å²) in [7, 11) is 3.53. The second kappa shape index (κ2) is 9.02. The van der Waals surface area contributed by atoms with E-state index < -0.39 is 16.9 Å². The van der Waals surface area contributed by atoms with Gasteiger partial charge >= 0.3 is 6.01 Å². The normalized spacial score (nSPS) is 28.4. The minimum absolute atomic E-state index is 0.000692. The van der Waals surface area contributed by atoms with E-state index in [1.54, 1.807) is 37.7 Å². The predicted molar refractivity (Wildman–Crippen MR) is 147 cm³/mol. The van der Waals surface area contributed by atoms with Gasteiger partial charge in [-0.2, -0.15) is 20.2 Å². The summed E-state index contributed by atoms with van der Waals surface area (Å²) in [6, 6.07) is 2.28. The Morgan fingerprint density at radius 3 is 2.49 bits per heavy atom. The summed E-state index contributed by atoms with van der Waals surface area (Å²) in [6.07, 6.45) is 1.20. The molecule has 0 radical (unpaired) electrons. The Morgan fingerprint density at radius 2 is 1.87 bits per heavy atom. The molecule has 1 aliphatic carbocycles. The van der Waals surface area contributed by atoms with Crippen LogP contribution >= 0.6 is 23.1 Å². The van der Waals surface area contributed by atoms with Gasteiger partial charge < -0.3 is 30.3 Å². The highest BCUT2D eigenvalue weighted by Gasteiger charge is 2.71. The number of aliphatic hydroxyl groups is 1. The van der Waals surface area contributed by atoms with Crippen molar-refractivity contribution >= 4 is 40.0 Å². The lowest BCUT2D eigenvalue weighted by Gasteiger charge is -2.48. The molecule has 1 spiro atoms. The molecule has 1 unspecified atom stereocenters. The standard InChI is InChI=1S/C25H32F2N8O2S2/c1-22(36)5-4-6-34(10-22)19-30-20(32-21(31-19)37-14-23(11-33(2)3)9-25(23,26)27)35-12-24(13-35)17-15(7-28)18(29)39-16(17)8-38-24/h36H,4-6,8-14,29H2,1-3H3/t22-,23?/m1/s1. The molecule has 4 aliphatic rings. The van der Waals surface area contributed by atoms with Crippen molar-refractivity contribution in [1.82, 2.24) is 19.9 Å². The number of β-amino-alcohol motifs (C(OH)–C–C–N with tert-alkyl or cyclic N) is 1. The van der Waals surface area contributed by atoms with Crippen LogP contribution in [-0.4, -0.2) is 89.9 Å². The highest BCUT2D eigenvalue weighted by Crippen LogP contribution is 2.61. The van der Waals surface area contributed by atoms with E-state index in [9.17, 15) is 19.1 Å². The second-order valence-corrected chi connectivity index (χ2v) is 14.3. The summed E-state index contributed by atoms with van der Waals surface area (Å²) in [5.41, 5.74) is 5.54. The topological polar surface area (TPSA) is 128 Å². The number of piperidine rings is 1. The van der Waals surface area contributed by atoms with E-state index in [0.29, 0.717) is 55.1 Å². The fourth-order valence-electron chi connectivity index (χ4n) is 6.07. The van der Waals surface area contributed by atoms with Crippen LogP contribution in [0.5, 0.6) is 6.01 Å². The third-order valence-electron chi connectivity index (χ3n) is 8.09. The Morgan fingerprint density at radius 1 is 1.18 bits per heavy atom. The number of nitriles is 1. The van der Waals surface area contributed by atoms with Crippen LogP contribution in [0, 0.1) is 16.7 Å². The first kappa shape index (κ1) is 26.7. The molecule has 2 atom stereocenters. The van der Waals surface area contributed by atoms with Gasteiger partial charge in [-0.15, -0.1) is 23.1 Å². The number of fused-ring (bicyclic) bond motifs is 2. The van der Waals surface area contributed by atoms with Crippen LogP contribution in [0.25, 0.3) is 0 Å². The summed E-state index contributed by atoms with van der Waals surface area (Å²) in [6.45, 7) is 3.94. The number of alkyl halides is 2. The molecule has 2 aromatic heterocycles. The lowest BCUT2D eigenvalue weighted by Crippen LogP contribution is -2.57. The van der Waals surface area contributed by atoms with Crippen LogP contribution in [-0.2, 0) is 10.5 Å². The number of thioether (sulfide) groups is 1. The maximum Gasteiger partial charge on any atom is 0.323 e. The predicted octanol–water partition coefficient (Wildman–Crippen LogP) is 2.67. The highest BCUT2D eigenvalue weighted by atomic mass is 32.2. The number of nitrogens with zero attached hydrogens (tertiary/aromatic N) is 7. The number of anilines is 3. The first-order chi connectivity index (χ1) is 18.4. The third kappa shape index (κ3) is 4.57. The van der Waals surface area contributed by atoms with E-state index in [4.69, 9.17) is 15.5 Å². The Labute approximate surface area is 234 Å². The van der Waals surface area contributed by atoms with Crippen LogP contribution < -0.4 is 20.3 Å². The molecule has 0 amide bonds. The van der Waals surface area contributed by atoms with Crippen molar-refractivity contribution in [2.45, 2.75) is 48.2 Å². The summed E-state index contributed by atoms with van der Waals surface area (Å²) in [5, 5.41) is 20.9. The summed E-state index contributed by atoms with van der Waals surface area (Å²) in [4.78, 5) is 20.5. The van der Waals surface area contributed by atoms with Crippen LogP contribution in [0.2, 0.25) is 0 Å². The van der Waals surface area contributed by atoms with E-state index in [0.717, 1.165) is 22.6 Å². The average molecular weight is 579 g/mol. The summed E-state index contributed by atoms with van der Waals surface area (Å²) in [5.74, 6) is -1.24. The van der Waals surface area contributed by atoms with Crippen LogP contribution in [0.3, 0.4) is 0 Å². The van der Waals surface area contributed by atoms with Gasteiger partial charge in [0.2, 0.25) is 11.9 Å². The van der Waals surface area contributed by atoms with Gasteiger partial charge in [0.25, 0.3) is 5.92 Å². The highest BCUT2D eigenvalue weighted by molar-refractivity contribution is 8.00. The molecule has 2 saturated heterocycles. The molecule has 3 fully saturated rings. The van der Waals surface area contributed by atoms with Gasteiger partial charge in [-0.25, -0.2) is 8.78 Å². The van der Waals surface area contributed by atoms with Crippen molar-refractivity contribution in [3.8, 4) is 12.1 Å². The van der Waals surface area contributed by atoms with Crippen molar-refractivity contribution in [2.75, 3.05) is 69.0 Å². The van der Waals surface area contributed by atoms with Gasteiger partial charge in [-0.1, -0.05) is 0 Å². The smallest absolute Gasteiger partial charge is 0.323 e. The van der Waals surface area contributed by atoms with Gasteiger partial charge in [-0.3, -0.25) is 0 Å². The van der Waals surface area contributed by atoms with Crippen molar-refractivity contribution in [3.05, 3.63) is 16.0 Å². The minimum atomic E-state index is -2.80. The molecule has 1 saturated carbocycles. The largest absolute Gasteiger partial charge is 0.462 e. The average Bonchev–Trinajstić information content (AvgIpc) is 3.08. The molecule has 3 N–H and O–H groups in total. The number of rotatable bonds is 7. The SMILES string of the molecule is CN(C)CC1(COc2nc(N3CC4(C3)SCc3sc(N)c(C#N)c34)nc(N3CCC[C@@](C)(O)C3)n2)CC1(F)F. The van der Waals surface area contributed by atoms with Crippen LogP contribution in [0.1, 0.15) is 42.2 Å². The minimum Gasteiger partial charge on any atom is -0.462 e. The Kier molecular flexibility index (Phi) is 6.18. The van der Waals surface area contributed by atoms with E-state index >= 15 is 0 Å². The number of hydrogen-bond acceptors (Lipinski definition) is 12. The van der Waals surface area contributed by atoms with Gasteiger partial charge in [0.15, 0.2) is 0 Å². The number of aromatic nitrogens is 3. The van der Waals surface area contributed by atoms with E-state index in [1.165, 1.54) is 11.3 Å². The molecule has 0 aromatic carbocycles. The quantitative estimate of drug-likeness (QED) is 0.503. The van der Waals surface area contributed by atoms with E-state index in [-0.39, 0.29) is 30.3 Å². The molecule has 14 heteroatoms. The monoisotopic (exact) mass is 578 g/mol. The van der Waals surface area contributed by atoms with Gasteiger partial charge in [-0.05, 0) is 33.9 Å². The lowest BCUT2D eigenvalue weighted by molar-refractivity contribution is 0.0286. The fourth-order valence-corrected chi connectivity index (χ4v) is 8.87. The first-order valence-electron chi connectivity index (χ1n) is 13.0. The molecular weight excluding hydrogens is 546 g/mol. The number of nitrogens with two attached hydrogens (primary N) is 1. The van der Waals surface area contributed by atoms with Crippen molar-refractivity contribution in [3.63, 3.8) is 0 Å². The van der Waals surface area contributed by atoms with Crippen LogP contribution in [0.15, 0.2) is 0 Å². The number of nitrogen functional groups attached to an aromatic ring is 1. The number of halogens is 2. The lowest BCUT2D eigenvalue weighted by atomic mass is 9.88. The zero-order valence-electron chi connectivity index (χ0n) is 22.2. The summed E-state index contributed by atoms with van der Waals surface area (Å²) < 4.78 is 34.3. The fraction of sp³-hybridized carbons (Fsp3) is 0.680. The van der Waals surface area contributed by atoms with E-state index in [1.807, 2.05) is 9.80 Å². The molecule has 3 aliphatic heterocycles. The van der Waals surface area contributed by atoms with Gasteiger partial charge in [0, 0.05) is 55.3 Å². The van der Waals surface area contributed by atoms with Crippen molar-refractivity contribution in [2.24, 2.45) is 5.41 Å². The molecule has 6 rings (SSSR count). The molecule has 39 heavy (non-hydrogen) atoms. The van der Waals surface area contributed by atoms with Gasteiger partial charge in [0.1, 0.15) is 17.7 Å². The zero-order valence-corrected chi connectivity index (χ0v) is 23.8. The zero-order chi connectivity index (χ0) is 27.8. The molecule has 5 heterocycles. The Hall–Kier alpha value is -2.47. The molecular formula is C25H32F2N8O2S2.